The molecule has 0 aromatic rings. The predicted molar refractivity (Wildman–Crippen MR) is 62.2 cm³/mol. The third-order valence-corrected chi connectivity index (χ3v) is 3.04. The summed E-state index contributed by atoms with van der Waals surface area (Å²) in [4.78, 5) is 12.1. The van der Waals surface area contributed by atoms with E-state index in [0.29, 0.717) is 19.3 Å². The molecule has 94 valence electrons. The van der Waals surface area contributed by atoms with Crippen molar-refractivity contribution in [2.24, 2.45) is 5.92 Å². The zero-order valence-corrected chi connectivity index (χ0v) is 10.7. The van der Waals surface area contributed by atoms with Gasteiger partial charge in [0.1, 0.15) is 5.54 Å². The maximum Gasteiger partial charge on any atom is 0.329 e. The SMILES string of the molecule is CCOC(=O)C(COC)(NC1CC1)C(C)C. The number of esters is 1. The fourth-order valence-corrected chi connectivity index (χ4v) is 1.81. The van der Waals surface area contributed by atoms with Crippen molar-refractivity contribution in [2.45, 2.75) is 45.2 Å². The lowest BCUT2D eigenvalue weighted by Crippen LogP contribution is -2.60. The molecule has 1 atom stereocenters. The fourth-order valence-electron chi connectivity index (χ4n) is 1.81. The molecule has 4 nitrogen and oxygen atoms in total. The van der Waals surface area contributed by atoms with Crippen LogP contribution in [0, 0.1) is 5.92 Å². The summed E-state index contributed by atoms with van der Waals surface area (Å²) in [7, 11) is 1.62. The lowest BCUT2D eigenvalue weighted by atomic mass is 9.86. The molecule has 4 heteroatoms. The highest BCUT2D eigenvalue weighted by molar-refractivity contribution is 5.81. The minimum atomic E-state index is -0.689. The van der Waals surface area contributed by atoms with Crippen LogP contribution in [0.4, 0.5) is 0 Å². The van der Waals surface area contributed by atoms with Crippen molar-refractivity contribution in [3.05, 3.63) is 0 Å². The lowest BCUT2D eigenvalue weighted by molar-refractivity contribution is -0.156. The van der Waals surface area contributed by atoms with E-state index in [-0.39, 0.29) is 11.9 Å². The van der Waals surface area contributed by atoms with Gasteiger partial charge in [0.05, 0.1) is 13.2 Å². The normalized spacial score (nSPS) is 19.6. The number of hydrogen-bond acceptors (Lipinski definition) is 4. The average molecular weight is 229 g/mol. The maximum atomic E-state index is 12.1. The van der Waals surface area contributed by atoms with Crippen LogP contribution in [-0.4, -0.2) is 37.9 Å². The van der Waals surface area contributed by atoms with E-state index in [1.165, 1.54) is 0 Å². The van der Waals surface area contributed by atoms with Crippen LogP contribution >= 0.6 is 0 Å². The minimum Gasteiger partial charge on any atom is -0.465 e. The summed E-state index contributed by atoms with van der Waals surface area (Å²) >= 11 is 0. The molecule has 16 heavy (non-hydrogen) atoms. The zero-order chi connectivity index (χ0) is 12.2. The van der Waals surface area contributed by atoms with E-state index in [4.69, 9.17) is 9.47 Å². The first-order chi connectivity index (χ1) is 7.56. The van der Waals surface area contributed by atoms with Crippen LogP contribution in [0.15, 0.2) is 0 Å². The number of nitrogens with one attached hydrogen (secondary N) is 1. The molecule has 1 N–H and O–H groups in total. The Morgan fingerprint density at radius 1 is 1.50 bits per heavy atom. The highest BCUT2D eigenvalue weighted by Gasteiger charge is 2.46. The van der Waals surface area contributed by atoms with Crippen molar-refractivity contribution in [2.75, 3.05) is 20.3 Å². The summed E-state index contributed by atoms with van der Waals surface area (Å²) in [5.41, 5.74) is -0.689. The Morgan fingerprint density at radius 2 is 2.12 bits per heavy atom. The van der Waals surface area contributed by atoms with Gasteiger partial charge in [-0.3, -0.25) is 5.32 Å². The first-order valence-electron chi connectivity index (χ1n) is 6.00. The Kier molecular flexibility index (Phi) is 4.74. The average Bonchev–Trinajstić information content (AvgIpc) is 3.00. The van der Waals surface area contributed by atoms with Crippen LogP contribution in [-0.2, 0) is 14.3 Å². The summed E-state index contributed by atoms with van der Waals surface area (Å²) in [6.45, 7) is 6.63. The van der Waals surface area contributed by atoms with Crippen molar-refractivity contribution in [1.29, 1.82) is 0 Å². The Hall–Kier alpha value is -0.610. The second-order valence-corrected chi connectivity index (χ2v) is 4.70. The number of methoxy groups -OCH3 is 1. The van der Waals surface area contributed by atoms with E-state index < -0.39 is 5.54 Å². The van der Waals surface area contributed by atoms with Crippen molar-refractivity contribution >= 4 is 5.97 Å². The molecule has 1 aliphatic rings. The summed E-state index contributed by atoms with van der Waals surface area (Å²) < 4.78 is 10.4. The molecule has 0 aromatic carbocycles. The van der Waals surface area contributed by atoms with E-state index >= 15 is 0 Å². The molecule has 0 aliphatic heterocycles. The summed E-state index contributed by atoms with van der Waals surface area (Å²) in [6.07, 6.45) is 2.27. The molecule has 0 amide bonds. The number of carbonyl (C=O) groups excluding carboxylic acids is 1. The van der Waals surface area contributed by atoms with Crippen LogP contribution < -0.4 is 5.32 Å². The van der Waals surface area contributed by atoms with Gasteiger partial charge in [0.15, 0.2) is 0 Å². The Bertz CT molecular complexity index is 238. The molecule has 1 rings (SSSR count). The van der Waals surface area contributed by atoms with Gasteiger partial charge in [-0.05, 0) is 25.7 Å². The first-order valence-corrected chi connectivity index (χ1v) is 6.00. The van der Waals surface area contributed by atoms with Gasteiger partial charge in [-0.2, -0.15) is 0 Å². The Labute approximate surface area is 97.7 Å². The topological polar surface area (TPSA) is 47.6 Å². The van der Waals surface area contributed by atoms with Gasteiger partial charge in [0.2, 0.25) is 0 Å². The second kappa shape index (κ2) is 5.64. The Morgan fingerprint density at radius 3 is 2.50 bits per heavy atom. The minimum absolute atomic E-state index is 0.145. The highest BCUT2D eigenvalue weighted by atomic mass is 16.5. The summed E-state index contributed by atoms with van der Waals surface area (Å²) in [6, 6.07) is 0.446. The van der Waals surface area contributed by atoms with Crippen molar-refractivity contribution in [3.63, 3.8) is 0 Å². The zero-order valence-electron chi connectivity index (χ0n) is 10.7. The van der Waals surface area contributed by atoms with Gasteiger partial charge in [0.25, 0.3) is 0 Å². The monoisotopic (exact) mass is 229 g/mol. The van der Waals surface area contributed by atoms with Gasteiger partial charge in [-0.1, -0.05) is 13.8 Å². The molecule has 0 bridgehead atoms. The van der Waals surface area contributed by atoms with Crippen molar-refractivity contribution in [1.82, 2.24) is 5.32 Å². The molecule has 1 fully saturated rings. The van der Waals surface area contributed by atoms with E-state index in [1.54, 1.807) is 7.11 Å². The van der Waals surface area contributed by atoms with Crippen LogP contribution in [0.25, 0.3) is 0 Å². The van der Waals surface area contributed by atoms with Crippen LogP contribution in [0.3, 0.4) is 0 Å². The number of rotatable bonds is 7. The highest BCUT2D eigenvalue weighted by Crippen LogP contribution is 2.28. The molecular formula is C12H23NO3. The van der Waals surface area contributed by atoms with E-state index in [9.17, 15) is 4.79 Å². The van der Waals surface area contributed by atoms with Crippen molar-refractivity contribution in [3.8, 4) is 0 Å². The van der Waals surface area contributed by atoms with Crippen LogP contribution in [0.2, 0.25) is 0 Å². The third-order valence-electron chi connectivity index (χ3n) is 3.04. The van der Waals surface area contributed by atoms with E-state index in [0.717, 1.165) is 12.8 Å². The van der Waals surface area contributed by atoms with Gasteiger partial charge in [-0.25, -0.2) is 4.79 Å². The van der Waals surface area contributed by atoms with Gasteiger partial charge >= 0.3 is 5.97 Å². The molecule has 0 radical (unpaired) electrons. The largest absolute Gasteiger partial charge is 0.465 e. The number of carbonyl (C=O) groups is 1. The molecule has 1 unspecified atom stereocenters. The molecule has 0 saturated heterocycles. The molecule has 0 heterocycles. The number of hydrogen-bond donors (Lipinski definition) is 1. The first kappa shape index (κ1) is 13.5. The molecule has 0 aromatic heterocycles. The smallest absolute Gasteiger partial charge is 0.329 e. The third kappa shape index (κ3) is 2.95. The van der Waals surface area contributed by atoms with Gasteiger partial charge < -0.3 is 9.47 Å². The second-order valence-electron chi connectivity index (χ2n) is 4.70. The van der Waals surface area contributed by atoms with E-state index in [1.807, 2.05) is 20.8 Å². The maximum absolute atomic E-state index is 12.1. The molecule has 0 spiro atoms. The van der Waals surface area contributed by atoms with Crippen LogP contribution in [0.5, 0.6) is 0 Å². The predicted octanol–water partition coefficient (Wildman–Crippen LogP) is 1.34. The fraction of sp³-hybridized carbons (Fsp3) is 0.917. The number of ether oxygens (including phenoxy) is 2. The standard InChI is InChI=1S/C12H23NO3/c1-5-16-11(14)12(8-15-4,9(2)3)13-10-6-7-10/h9-10,13H,5-8H2,1-4H3. The quantitative estimate of drug-likeness (QED) is 0.669. The molecular weight excluding hydrogens is 206 g/mol. The van der Waals surface area contributed by atoms with Gasteiger partial charge in [0, 0.05) is 13.2 Å². The molecule has 1 aliphatic carbocycles. The van der Waals surface area contributed by atoms with Crippen molar-refractivity contribution < 1.29 is 14.3 Å². The van der Waals surface area contributed by atoms with E-state index in [2.05, 4.69) is 5.32 Å². The summed E-state index contributed by atoms with van der Waals surface area (Å²) in [5.74, 6) is -0.0501. The Balaban J connectivity index is 2.79. The van der Waals surface area contributed by atoms with Gasteiger partial charge in [-0.15, -0.1) is 0 Å². The molecule has 1 saturated carbocycles. The summed E-state index contributed by atoms with van der Waals surface area (Å²) in [5, 5.41) is 3.39. The van der Waals surface area contributed by atoms with Crippen LogP contribution in [0.1, 0.15) is 33.6 Å². The lowest BCUT2D eigenvalue weighted by Gasteiger charge is -2.35.